The molecule has 0 saturated heterocycles. The number of anilines is 1. The molecule has 9 heteroatoms. The number of hydrogen-bond donors (Lipinski definition) is 2. The molecule has 1 unspecified atom stereocenters. The Hall–Kier alpha value is -1.06. The Morgan fingerprint density at radius 3 is 3.00 bits per heavy atom. The zero-order chi connectivity index (χ0) is 18.2. The molecule has 25 heavy (non-hydrogen) atoms. The van der Waals surface area contributed by atoms with E-state index in [9.17, 15) is 4.39 Å². The van der Waals surface area contributed by atoms with Crippen molar-refractivity contribution in [1.82, 2.24) is 9.78 Å². The van der Waals surface area contributed by atoms with Crippen LogP contribution in [0, 0.1) is 9.77 Å². The second-order valence-corrected chi connectivity index (χ2v) is 7.67. The first-order chi connectivity index (χ1) is 12.0. The van der Waals surface area contributed by atoms with Gasteiger partial charge < -0.3 is 15.0 Å². The maximum atomic E-state index is 13.9. The summed E-state index contributed by atoms with van der Waals surface area (Å²) in [6.07, 6.45) is 0.914. The third kappa shape index (κ3) is 6.31. The van der Waals surface area contributed by atoms with Gasteiger partial charge in [-0.05, 0) is 37.7 Å². The molecule has 0 aliphatic heterocycles. The van der Waals surface area contributed by atoms with Crippen molar-refractivity contribution in [3.05, 3.63) is 38.6 Å². The molecule has 1 aromatic carbocycles. The molecule has 0 bridgehead atoms. The minimum atomic E-state index is -0.287. The highest BCUT2D eigenvalue weighted by atomic mass is 35.5. The van der Waals surface area contributed by atoms with Gasteiger partial charge >= 0.3 is 0 Å². The summed E-state index contributed by atoms with van der Waals surface area (Å²) in [6.45, 7) is 5.23. The van der Waals surface area contributed by atoms with Crippen molar-refractivity contribution in [2.24, 2.45) is 0 Å². The Morgan fingerprint density at radius 1 is 1.48 bits per heavy atom. The first-order valence-corrected chi connectivity index (χ1v) is 9.75. The van der Waals surface area contributed by atoms with Crippen LogP contribution in [0.1, 0.15) is 18.9 Å². The zero-order valence-electron chi connectivity index (χ0n) is 14.3. The van der Waals surface area contributed by atoms with Crippen molar-refractivity contribution in [3.63, 3.8) is 0 Å². The fourth-order valence-electron chi connectivity index (χ4n) is 2.31. The van der Waals surface area contributed by atoms with Gasteiger partial charge in [0.15, 0.2) is 10.6 Å². The van der Waals surface area contributed by atoms with Crippen LogP contribution in [0.5, 0.6) is 0 Å². The van der Waals surface area contributed by atoms with E-state index < -0.39 is 0 Å². The van der Waals surface area contributed by atoms with Gasteiger partial charge in [0.1, 0.15) is 12.4 Å². The minimum Gasteiger partial charge on any atom is -0.382 e. The molecule has 0 saturated carbocycles. The molecule has 0 amide bonds. The summed E-state index contributed by atoms with van der Waals surface area (Å²) >= 11 is 12.9. The van der Waals surface area contributed by atoms with Gasteiger partial charge in [-0.1, -0.05) is 29.0 Å². The average Bonchev–Trinajstić information content (AvgIpc) is 2.90. The van der Waals surface area contributed by atoms with E-state index >= 15 is 0 Å². The lowest BCUT2D eigenvalue weighted by Gasteiger charge is -2.15. The lowest BCUT2D eigenvalue weighted by Crippen LogP contribution is -3.07. The Balaban J connectivity index is 1.90. The molecule has 0 aliphatic rings. The number of halogens is 2. The highest BCUT2D eigenvalue weighted by Crippen LogP contribution is 2.18. The highest BCUT2D eigenvalue weighted by Gasteiger charge is 2.14. The number of nitrogens with zero attached hydrogens (tertiary/aromatic N) is 2. The molecular weight excluding hydrogens is 383 g/mol. The quantitative estimate of drug-likeness (QED) is 0.471. The molecular formula is C16H23ClFN4OS2+. The molecule has 1 heterocycles. The first kappa shape index (κ1) is 20.3. The molecule has 2 N–H and O–H groups in total. The number of ether oxygens (including phenoxy) is 1. The van der Waals surface area contributed by atoms with Crippen LogP contribution in [0.2, 0.25) is 5.02 Å². The Bertz CT molecular complexity index is 717. The van der Waals surface area contributed by atoms with Crippen molar-refractivity contribution in [3.8, 4) is 0 Å². The summed E-state index contributed by atoms with van der Waals surface area (Å²) in [7, 11) is 1.96. The van der Waals surface area contributed by atoms with E-state index in [1.807, 2.05) is 14.0 Å². The molecule has 2 rings (SSSR count). The van der Waals surface area contributed by atoms with Crippen LogP contribution >= 0.6 is 35.2 Å². The van der Waals surface area contributed by atoms with Crippen LogP contribution in [-0.4, -0.2) is 36.6 Å². The maximum Gasteiger partial charge on any atom is 0.204 e. The summed E-state index contributed by atoms with van der Waals surface area (Å²) in [5.74, 6) is -0.287. The number of rotatable bonds is 10. The van der Waals surface area contributed by atoms with Gasteiger partial charge in [0.05, 0.1) is 17.6 Å². The van der Waals surface area contributed by atoms with Crippen molar-refractivity contribution in [2.75, 3.05) is 32.1 Å². The van der Waals surface area contributed by atoms with E-state index in [0.29, 0.717) is 27.8 Å². The van der Waals surface area contributed by atoms with E-state index in [-0.39, 0.29) is 5.82 Å². The van der Waals surface area contributed by atoms with Gasteiger partial charge in [0.25, 0.3) is 0 Å². The molecule has 0 spiro atoms. The van der Waals surface area contributed by atoms with E-state index in [2.05, 4.69) is 10.4 Å². The monoisotopic (exact) mass is 405 g/mol. The third-order valence-electron chi connectivity index (χ3n) is 3.51. The normalized spacial score (nSPS) is 12.3. The Morgan fingerprint density at radius 2 is 2.28 bits per heavy atom. The van der Waals surface area contributed by atoms with E-state index in [0.717, 1.165) is 36.2 Å². The lowest BCUT2D eigenvalue weighted by molar-refractivity contribution is -0.917. The van der Waals surface area contributed by atoms with Crippen molar-refractivity contribution >= 4 is 40.3 Å². The summed E-state index contributed by atoms with van der Waals surface area (Å²) in [5, 5.41) is 8.97. The smallest absolute Gasteiger partial charge is 0.204 e. The average molecular weight is 406 g/mol. The zero-order valence-corrected chi connectivity index (χ0v) is 16.7. The van der Waals surface area contributed by atoms with Crippen molar-refractivity contribution < 1.29 is 14.0 Å². The molecule has 138 valence electrons. The number of benzene rings is 1. The summed E-state index contributed by atoms with van der Waals surface area (Å²) in [5.41, 5.74) is 0.512. The number of aromatic nitrogens is 2. The molecule has 5 nitrogen and oxygen atoms in total. The second kappa shape index (κ2) is 10.2. The predicted octanol–water partition coefficient (Wildman–Crippen LogP) is 2.98. The molecule has 0 aliphatic carbocycles. The van der Waals surface area contributed by atoms with Crippen LogP contribution in [0.4, 0.5) is 9.52 Å². The first-order valence-electron chi connectivity index (χ1n) is 8.15. The summed E-state index contributed by atoms with van der Waals surface area (Å²) < 4.78 is 21.6. The summed E-state index contributed by atoms with van der Waals surface area (Å²) in [6, 6.07) is 4.73. The van der Waals surface area contributed by atoms with E-state index in [1.54, 1.807) is 16.8 Å². The minimum absolute atomic E-state index is 0.287. The predicted molar refractivity (Wildman–Crippen MR) is 103 cm³/mol. The van der Waals surface area contributed by atoms with Crippen LogP contribution in [0.25, 0.3) is 0 Å². The van der Waals surface area contributed by atoms with Crippen LogP contribution in [-0.2, 0) is 18.0 Å². The maximum absolute atomic E-state index is 13.9. The van der Waals surface area contributed by atoms with Crippen molar-refractivity contribution in [1.29, 1.82) is 0 Å². The van der Waals surface area contributed by atoms with Crippen LogP contribution in [0.3, 0.4) is 0 Å². The molecule has 0 radical (unpaired) electrons. The van der Waals surface area contributed by atoms with Crippen molar-refractivity contribution in [2.45, 2.75) is 26.6 Å². The number of hydrogen-bond acceptors (Lipinski definition) is 5. The fraction of sp³-hybridized carbons (Fsp3) is 0.500. The van der Waals surface area contributed by atoms with E-state index in [1.165, 1.54) is 17.4 Å². The van der Waals surface area contributed by atoms with E-state index in [4.69, 9.17) is 28.6 Å². The fourth-order valence-corrected chi connectivity index (χ4v) is 3.57. The molecule has 1 aromatic heterocycles. The SMILES string of the molecule is CCOCCCNc1nn(C[NH+](C)Cc2c(F)cccc2Cl)c(=S)s1. The van der Waals surface area contributed by atoms with Gasteiger partial charge in [-0.3, -0.25) is 0 Å². The second-order valence-electron chi connectivity index (χ2n) is 5.64. The van der Waals surface area contributed by atoms with Crippen LogP contribution in [0.15, 0.2) is 18.2 Å². The van der Waals surface area contributed by atoms with Gasteiger partial charge in [0.2, 0.25) is 5.13 Å². The Kier molecular flexibility index (Phi) is 8.25. The number of nitrogens with one attached hydrogen (secondary N) is 2. The van der Waals surface area contributed by atoms with Gasteiger partial charge in [0, 0.05) is 19.8 Å². The number of quaternary nitrogens is 1. The largest absolute Gasteiger partial charge is 0.382 e. The Labute approximate surface area is 161 Å². The van der Waals surface area contributed by atoms with Gasteiger partial charge in [-0.25, -0.2) is 4.39 Å². The van der Waals surface area contributed by atoms with Gasteiger partial charge in [-0.15, -0.1) is 5.10 Å². The third-order valence-corrected chi connectivity index (χ3v) is 5.13. The molecule has 2 aromatic rings. The standard InChI is InChI=1S/C16H22ClFN4OS2/c1-3-23-9-5-8-19-15-20-22(16(24)25-15)11-21(2)10-12-13(17)6-4-7-14(12)18/h4,6-7H,3,5,8-11H2,1-2H3,(H,19,20)/p+1. The topological polar surface area (TPSA) is 43.5 Å². The lowest BCUT2D eigenvalue weighted by atomic mass is 10.2. The molecule has 0 fully saturated rings. The van der Waals surface area contributed by atoms with Crippen LogP contribution < -0.4 is 10.2 Å². The molecule has 1 atom stereocenters. The van der Waals surface area contributed by atoms with Gasteiger partial charge in [-0.2, -0.15) is 4.68 Å². The highest BCUT2D eigenvalue weighted by molar-refractivity contribution is 7.73. The summed E-state index contributed by atoms with van der Waals surface area (Å²) in [4.78, 5) is 1.04.